The number of hydrogen-bond acceptors (Lipinski definition) is 6. The highest BCUT2D eigenvalue weighted by Crippen LogP contribution is 2.40. The number of amides is 3. The Morgan fingerprint density at radius 2 is 1.70 bits per heavy atom. The van der Waals surface area contributed by atoms with Crippen molar-refractivity contribution in [2.75, 3.05) is 18.5 Å². The summed E-state index contributed by atoms with van der Waals surface area (Å²) < 4.78 is 47.2. The van der Waals surface area contributed by atoms with Crippen LogP contribution in [0.5, 0.6) is 5.75 Å². The number of aryl methyl sites for hydroxylation is 1. The third-order valence-electron chi connectivity index (χ3n) is 8.90. The van der Waals surface area contributed by atoms with E-state index in [1.54, 1.807) is 12.1 Å². The summed E-state index contributed by atoms with van der Waals surface area (Å²) in [5, 5.41) is 14.6. The van der Waals surface area contributed by atoms with Crippen LogP contribution in [-0.4, -0.2) is 64.7 Å². The molecule has 1 saturated carbocycles. The van der Waals surface area contributed by atoms with Crippen molar-refractivity contribution in [2.24, 2.45) is 11.8 Å². The number of hydrogen-bond donors (Lipinski definition) is 3. The number of benzene rings is 2. The molecule has 1 aliphatic heterocycles. The molecule has 0 radical (unpaired) electrons. The van der Waals surface area contributed by atoms with Crippen molar-refractivity contribution in [1.82, 2.24) is 10.2 Å². The van der Waals surface area contributed by atoms with Gasteiger partial charge in [0.05, 0.1) is 6.42 Å². The molecule has 1 heterocycles. The minimum Gasteiger partial charge on any atom is -0.481 e. The predicted molar refractivity (Wildman–Crippen MR) is 165 cm³/mol. The zero-order valence-electron chi connectivity index (χ0n) is 26.8. The van der Waals surface area contributed by atoms with E-state index in [-0.39, 0.29) is 29.9 Å². The lowest BCUT2D eigenvalue weighted by Crippen LogP contribution is -2.58. The highest BCUT2D eigenvalue weighted by atomic mass is 19.2. The van der Waals surface area contributed by atoms with Gasteiger partial charge < -0.3 is 25.4 Å². The molecule has 3 N–H and O–H groups in total. The fourth-order valence-corrected chi connectivity index (χ4v) is 6.55. The largest absolute Gasteiger partial charge is 0.481 e. The molecule has 2 aromatic carbocycles. The average Bonchev–Trinajstić information content (AvgIpc) is 3.02. The minimum absolute atomic E-state index is 0.0879. The number of halogens is 3. The molecular formula is C34H40F3N3O7. The number of nitrogens with one attached hydrogen (secondary N) is 2. The lowest BCUT2D eigenvalue weighted by atomic mass is 9.71. The Morgan fingerprint density at radius 3 is 2.38 bits per heavy atom. The van der Waals surface area contributed by atoms with Gasteiger partial charge in [0.2, 0.25) is 11.7 Å². The second-order valence-electron chi connectivity index (χ2n) is 13.2. The molecular weight excluding hydrogens is 619 g/mol. The number of fused-ring (bicyclic) bond motifs is 1. The second-order valence-corrected chi connectivity index (χ2v) is 13.2. The van der Waals surface area contributed by atoms with Crippen molar-refractivity contribution >= 4 is 35.2 Å². The standard InChI is InChI=1S/C34H40F3N3O7/c1-18-15-22(35)29(37)30(28(18)36)47-17-26(41)24(16-27(42)43)39-31(44)20-13-14-40(25-12-8-5-9-19(20)25)33(46)32(45)38-23-11-7-6-10-21(23)34(2,3)4/h6-7,10-11,15,19-20,24-25H,5,8-9,12-14,16-17H2,1-4H3,(H,38,45)(H,39,44)(H,42,43)/t19?,20-,24+,25?/m1/s1. The Labute approximate surface area is 271 Å². The van der Waals surface area contributed by atoms with E-state index in [2.05, 4.69) is 10.6 Å². The molecule has 10 nitrogen and oxygen atoms in total. The molecule has 2 fully saturated rings. The fraction of sp³-hybridized carbons (Fsp3) is 0.500. The van der Waals surface area contributed by atoms with Crippen LogP contribution >= 0.6 is 0 Å². The summed E-state index contributed by atoms with van der Waals surface area (Å²) in [7, 11) is 0. The number of likely N-dealkylation sites (tertiary alicyclic amines) is 1. The summed E-state index contributed by atoms with van der Waals surface area (Å²) in [5.74, 6) is -10.9. The van der Waals surface area contributed by atoms with Crippen molar-refractivity contribution < 1.29 is 47.0 Å². The first kappa shape index (κ1) is 35.4. The predicted octanol–water partition coefficient (Wildman–Crippen LogP) is 4.66. The van der Waals surface area contributed by atoms with Crippen LogP contribution in [0.3, 0.4) is 0 Å². The van der Waals surface area contributed by atoms with Crippen LogP contribution in [-0.2, 0) is 29.4 Å². The molecule has 2 aromatic rings. The lowest BCUT2D eigenvalue weighted by Gasteiger charge is -2.47. The second kappa shape index (κ2) is 14.6. The number of carboxylic acid groups (broad SMARTS) is 1. The van der Waals surface area contributed by atoms with Gasteiger partial charge in [-0.15, -0.1) is 0 Å². The maximum Gasteiger partial charge on any atom is 0.313 e. The van der Waals surface area contributed by atoms with E-state index in [4.69, 9.17) is 4.74 Å². The first-order valence-corrected chi connectivity index (χ1v) is 15.6. The molecule has 13 heteroatoms. The summed E-state index contributed by atoms with van der Waals surface area (Å²) in [5.41, 5.74) is 0.846. The molecule has 4 atom stereocenters. The summed E-state index contributed by atoms with van der Waals surface area (Å²) in [6.45, 7) is 6.22. The number of rotatable bonds is 9. The van der Waals surface area contributed by atoms with E-state index in [0.29, 0.717) is 24.6 Å². The van der Waals surface area contributed by atoms with Crippen LogP contribution in [0, 0.1) is 36.2 Å². The van der Waals surface area contributed by atoms with Crippen LogP contribution in [0.4, 0.5) is 18.9 Å². The number of Topliss-reactive ketones (excluding diaryl/α,β-unsaturated/α-hetero) is 1. The number of ether oxygens (including phenoxy) is 1. The molecule has 2 unspecified atom stereocenters. The first-order valence-electron chi connectivity index (χ1n) is 15.6. The molecule has 4 rings (SSSR count). The molecule has 0 bridgehead atoms. The number of piperidine rings is 1. The number of ketones is 1. The van der Waals surface area contributed by atoms with Crippen molar-refractivity contribution in [2.45, 2.75) is 83.7 Å². The molecule has 2 aliphatic rings. The van der Waals surface area contributed by atoms with E-state index in [0.717, 1.165) is 18.4 Å². The zero-order valence-corrected chi connectivity index (χ0v) is 26.8. The smallest absolute Gasteiger partial charge is 0.313 e. The van der Waals surface area contributed by atoms with Gasteiger partial charge in [0, 0.05) is 24.2 Å². The van der Waals surface area contributed by atoms with E-state index in [1.165, 1.54) is 11.8 Å². The van der Waals surface area contributed by atoms with Gasteiger partial charge in [-0.25, -0.2) is 8.78 Å². The molecule has 1 aliphatic carbocycles. The highest BCUT2D eigenvalue weighted by Gasteiger charge is 2.46. The molecule has 254 valence electrons. The Hall–Kier alpha value is -4.42. The third-order valence-corrected chi connectivity index (χ3v) is 8.90. The van der Waals surface area contributed by atoms with Gasteiger partial charge >= 0.3 is 17.8 Å². The van der Waals surface area contributed by atoms with E-state index < -0.39 is 83.7 Å². The van der Waals surface area contributed by atoms with Crippen LogP contribution in [0.1, 0.15) is 70.4 Å². The SMILES string of the molecule is Cc1cc(F)c(F)c(OCC(=O)[C@H](CC(=O)O)NC(=O)[C@@H]2CCN(C(=O)C(=O)Nc3ccccc3C(C)(C)C)C3CCCCC32)c1F. The lowest BCUT2D eigenvalue weighted by molar-refractivity contribution is -0.151. The first-order chi connectivity index (χ1) is 22.1. The summed E-state index contributed by atoms with van der Waals surface area (Å²) in [6.07, 6.45) is 2.00. The van der Waals surface area contributed by atoms with Gasteiger partial charge in [-0.05, 0) is 60.8 Å². The summed E-state index contributed by atoms with van der Waals surface area (Å²) >= 11 is 0. The van der Waals surface area contributed by atoms with Crippen LogP contribution < -0.4 is 15.4 Å². The van der Waals surface area contributed by atoms with Crippen LogP contribution in [0.2, 0.25) is 0 Å². The van der Waals surface area contributed by atoms with Crippen molar-refractivity contribution in [3.05, 3.63) is 58.9 Å². The maximum atomic E-state index is 14.4. The number of nitrogens with zero attached hydrogens (tertiary/aromatic N) is 1. The Kier molecular flexibility index (Phi) is 11.0. The highest BCUT2D eigenvalue weighted by molar-refractivity contribution is 6.39. The summed E-state index contributed by atoms with van der Waals surface area (Å²) in [6, 6.07) is 5.84. The molecule has 0 aromatic heterocycles. The molecule has 3 amide bonds. The number of carbonyl (C=O) groups excluding carboxylic acids is 4. The van der Waals surface area contributed by atoms with Gasteiger partial charge in [0.25, 0.3) is 0 Å². The number of carbonyl (C=O) groups is 5. The maximum absolute atomic E-state index is 14.4. The molecule has 1 saturated heterocycles. The molecule has 47 heavy (non-hydrogen) atoms. The Bertz CT molecular complexity index is 1530. The van der Waals surface area contributed by atoms with E-state index in [9.17, 15) is 42.3 Å². The number of anilines is 1. The minimum atomic E-state index is -1.64. The van der Waals surface area contributed by atoms with Gasteiger partial charge in [0.15, 0.2) is 23.2 Å². The van der Waals surface area contributed by atoms with Gasteiger partial charge in [-0.1, -0.05) is 51.8 Å². The topological polar surface area (TPSA) is 142 Å². The quantitative estimate of drug-likeness (QED) is 0.263. The fourth-order valence-electron chi connectivity index (χ4n) is 6.55. The van der Waals surface area contributed by atoms with E-state index in [1.807, 2.05) is 32.9 Å². The van der Waals surface area contributed by atoms with E-state index >= 15 is 0 Å². The van der Waals surface area contributed by atoms with Gasteiger partial charge in [-0.2, -0.15) is 4.39 Å². The monoisotopic (exact) mass is 659 g/mol. The van der Waals surface area contributed by atoms with Gasteiger partial charge in [-0.3, -0.25) is 24.0 Å². The number of para-hydroxylation sites is 1. The van der Waals surface area contributed by atoms with Gasteiger partial charge in [0.1, 0.15) is 12.6 Å². The zero-order chi connectivity index (χ0) is 34.6. The normalized spacial score (nSPS) is 20.1. The van der Waals surface area contributed by atoms with Crippen molar-refractivity contribution in [1.29, 1.82) is 0 Å². The van der Waals surface area contributed by atoms with Crippen LogP contribution in [0.15, 0.2) is 30.3 Å². The van der Waals surface area contributed by atoms with Crippen LogP contribution in [0.25, 0.3) is 0 Å². The Morgan fingerprint density at radius 1 is 1.02 bits per heavy atom. The van der Waals surface area contributed by atoms with Crippen molar-refractivity contribution in [3.63, 3.8) is 0 Å². The molecule has 0 spiro atoms. The number of carboxylic acids is 1. The van der Waals surface area contributed by atoms with Crippen molar-refractivity contribution in [3.8, 4) is 5.75 Å². The summed E-state index contributed by atoms with van der Waals surface area (Å²) in [4.78, 5) is 66.2. The number of aliphatic carboxylic acids is 1. The average molecular weight is 660 g/mol. The third kappa shape index (κ3) is 8.12. The Balaban J connectivity index is 1.45.